The van der Waals surface area contributed by atoms with Crippen LogP contribution in [0.25, 0.3) is 11.3 Å². The molecule has 3 aromatic heterocycles. The molecule has 1 unspecified atom stereocenters. The number of thiophene rings is 1. The molecule has 0 saturated carbocycles. The van der Waals surface area contributed by atoms with Crippen molar-refractivity contribution >= 4 is 45.5 Å². The Hall–Kier alpha value is -2.56. The molecule has 0 fully saturated rings. The van der Waals surface area contributed by atoms with Crippen molar-refractivity contribution in [3.05, 3.63) is 63.7 Å². The quantitative estimate of drug-likeness (QED) is 0.398. The van der Waals surface area contributed by atoms with Gasteiger partial charge in [-0.25, -0.2) is 14.4 Å². The summed E-state index contributed by atoms with van der Waals surface area (Å²) in [6.45, 7) is 1.80. The summed E-state index contributed by atoms with van der Waals surface area (Å²) in [6, 6.07) is 10.1. The molecule has 10 heteroatoms. The van der Waals surface area contributed by atoms with Gasteiger partial charge in [0.05, 0.1) is 10.9 Å². The molecule has 0 aliphatic carbocycles. The van der Waals surface area contributed by atoms with Crippen molar-refractivity contribution in [3.63, 3.8) is 0 Å². The molecule has 1 atom stereocenters. The summed E-state index contributed by atoms with van der Waals surface area (Å²) in [5, 5.41) is 14.4. The largest absolute Gasteiger partial charge is 0.301 e. The molecule has 4 aromatic rings. The highest BCUT2D eigenvalue weighted by Gasteiger charge is 2.19. The Morgan fingerprint density at radius 2 is 2.07 bits per heavy atom. The third-order valence-corrected chi connectivity index (χ3v) is 6.55. The highest BCUT2D eigenvalue weighted by atomic mass is 32.2. The number of aromatic amines is 1. The van der Waals surface area contributed by atoms with Crippen LogP contribution in [0, 0.1) is 5.82 Å². The van der Waals surface area contributed by atoms with E-state index in [1.54, 1.807) is 30.4 Å². The Morgan fingerprint density at radius 1 is 1.24 bits per heavy atom. The third-order valence-electron chi connectivity index (χ3n) is 3.96. The number of aromatic nitrogens is 4. The van der Waals surface area contributed by atoms with Crippen molar-refractivity contribution in [1.29, 1.82) is 0 Å². The highest BCUT2D eigenvalue weighted by Crippen LogP contribution is 2.26. The Bertz CT molecular complexity index is 1090. The van der Waals surface area contributed by atoms with E-state index < -0.39 is 5.25 Å². The van der Waals surface area contributed by atoms with E-state index in [-0.39, 0.29) is 11.7 Å². The molecule has 0 saturated heterocycles. The number of thiazole rings is 1. The summed E-state index contributed by atoms with van der Waals surface area (Å²) in [5.41, 5.74) is 1.49. The topological polar surface area (TPSA) is 83.6 Å². The number of anilines is 1. The van der Waals surface area contributed by atoms with Gasteiger partial charge >= 0.3 is 0 Å². The van der Waals surface area contributed by atoms with Gasteiger partial charge in [-0.2, -0.15) is 0 Å². The van der Waals surface area contributed by atoms with Gasteiger partial charge in [0.15, 0.2) is 5.13 Å². The van der Waals surface area contributed by atoms with E-state index in [4.69, 9.17) is 0 Å². The summed E-state index contributed by atoms with van der Waals surface area (Å²) in [6.07, 6.45) is 0.692. The number of halogens is 1. The van der Waals surface area contributed by atoms with Crippen molar-refractivity contribution in [3.8, 4) is 11.3 Å². The van der Waals surface area contributed by atoms with E-state index in [9.17, 15) is 9.18 Å². The standard InChI is InChI=1S/C19H16FN5OS3/c1-11(29-19-22-16(24-25-19)9-14-3-2-8-27-14)17(26)23-18-21-15(10-28-18)12-4-6-13(20)7-5-12/h2-8,10-11H,9H2,1H3,(H,21,23,26)(H,22,24,25). The van der Waals surface area contributed by atoms with E-state index in [2.05, 4.69) is 25.5 Å². The number of hydrogen-bond donors (Lipinski definition) is 2. The zero-order valence-corrected chi connectivity index (χ0v) is 17.7. The van der Waals surface area contributed by atoms with Gasteiger partial charge in [-0.15, -0.1) is 27.8 Å². The molecule has 3 heterocycles. The molecule has 4 rings (SSSR count). The van der Waals surface area contributed by atoms with Crippen molar-refractivity contribution in [1.82, 2.24) is 20.2 Å². The lowest BCUT2D eigenvalue weighted by Crippen LogP contribution is -2.22. The third kappa shape index (κ3) is 5.08. The fraction of sp³-hybridized carbons (Fsp3) is 0.158. The number of H-pyrrole nitrogens is 1. The number of carbonyl (C=O) groups is 1. The zero-order chi connectivity index (χ0) is 20.2. The molecule has 2 N–H and O–H groups in total. The zero-order valence-electron chi connectivity index (χ0n) is 15.3. The van der Waals surface area contributed by atoms with E-state index in [1.807, 2.05) is 22.9 Å². The minimum atomic E-state index is -0.390. The van der Waals surface area contributed by atoms with Crippen LogP contribution in [0.2, 0.25) is 0 Å². The normalized spacial score (nSPS) is 12.1. The summed E-state index contributed by atoms with van der Waals surface area (Å²) < 4.78 is 13.1. The average Bonchev–Trinajstić information content (AvgIpc) is 3.46. The van der Waals surface area contributed by atoms with Crippen LogP contribution in [0.5, 0.6) is 0 Å². The number of rotatable bonds is 7. The number of hydrogen-bond acceptors (Lipinski definition) is 7. The van der Waals surface area contributed by atoms with E-state index >= 15 is 0 Å². The van der Waals surface area contributed by atoms with Crippen molar-refractivity contribution in [2.45, 2.75) is 23.8 Å². The minimum Gasteiger partial charge on any atom is -0.301 e. The fourth-order valence-corrected chi connectivity index (χ4v) is 4.67. The second kappa shape index (κ2) is 8.85. The Kier molecular flexibility index (Phi) is 6.02. The first-order chi connectivity index (χ1) is 14.1. The van der Waals surface area contributed by atoms with Crippen LogP contribution < -0.4 is 5.32 Å². The Labute approximate surface area is 178 Å². The number of nitrogens with zero attached hydrogens (tertiary/aromatic N) is 3. The van der Waals surface area contributed by atoms with E-state index in [1.165, 1.54) is 40.1 Å². The lowest BCUT2D eigenvalue weighted by atomic mass is 10.2. The molecule has 0 aliphatic heterocycles. The molecule has 29 heavy (non-hydrogen) atoms. The van der Waals surface area contributed by atoms with Crippen LogP contribution in [0.4, 0.5) is 9.52 Å². The predicted octanol–water partition coefficient (Wildman–Crippen LogP) is 4.84. The van der Waals surface area contributed by atoms with Crippen molar-refractivity contribution in [2.75, 3.05) is 5.32 Å². The van der Waals surface area contributed by atoms with Gasteiger partial charge in [0.2, 0.25) is 11.1 Å². The fourth-order valence-electron chi connectivity index (χ4n) is 2.49. The first kappa shape index (κ1) is 19.7. The van der Waals surface area contributed by atoms with Crippen LogP contribution in [-0.4, -0.2) is 31.3 Å². The molecule has 0 spiro atoms. The van der Waals surface area contributed by atoms with Gasteiger partial charge in [-0.3, -0.25) is 9.89 Å². The number of nitrogens with one attached hydrogen (secondary N) is 2. The second-order valence-electron chi connectivity index (χ2n) is 6.11. The first-order valence-corrected chi connectivity index (χ1v) is 11.3. The summed E-state index contributed by atoms with van der Waals surface area (Å²) in [7, 11) is 0. The number of amides is 1. The maximum atomic E-state index is 13.1. The van der Waals surface area contributed by atoms with Crippen LogP contribution in [0.1, 0.15) is 17.6 Å². The molecular formula is C19H16FN5OS3. The summed E-state index contributed by atoms with van der Waals surface area (Å²) in [5.74, 6) is 0.292. The summed E-state index contributed by atoms with van der Waals surface area (Å²) in [4.78, 5) is 22.5. The molecule has 148 valence electrons. The van der Waals surface area contributed by atoms with Crippen LogP contribution in [0.3, 0.4) is 0 Å². The minimum absolute atomic E-state index is 0.181. The smallest absolute Gasteiger partial charge is 0.239 e. The average molecular weight is 446 g/mol. The van der Waals surface area contributed by atoms with Gasteiger partial charge in [0, 0.05) is 22.2 Å². The van der Waals surface area contributed by atoms with E-state index in [0.29, 0.717) is 22.4 Å². The van der Waals surface area contributed by atoms with E-state index in [0.717, 1.165) is 11.4 Å². The highest BCUT2D eigenvalue weighted by molar-refractivity contribution is 8.00. The molecule has 1 aromatic carbocycles. The van der Waals surface area contributed by atoms with Crippen molar-refractivity contribution in [2.24, 2.45) is 0 Å². The molecule has 1 amide bonds. The molecular weight excluding hydrogens is 429 g/mol. The lowest BCUT2D eigenvalue weighted by Gasteiger charge is -2.07. The monoisotopic (exact) mass is 445 g/mol. The maximum Gasteiger partial charge on any atom is 0.239 e. The van der Waals surface area contributed by atoms with Crippen LogP contribution in [0.15, 0.2) is 52.3 Å². The van der Waals surface area contributed by atoms with Crippen LogP contribution in [-0.2, 0) is 11.2 Å². The number of benzene rings is 1. The van der Waals surface area contributed by atoms with Gasteiger partial charge in [0.1, 0.15) is 11.6 Å². The predicted molar refractivity (Wildman–Crippen MR) is 115 cm³/mol. The Balaban J connectivity index is 1.34. The Morgan fingerprint density at radius 3 is 2.83 bits per heavy atom. The SMILES string of the molecule is CC(Sc1n[nH]c(Cc2cccs2)n1)C(=O)Nc1nc(-c2ccc(F)cc2)cs1. The van der Waals surface area contributed by atoms with Gasteiger partial charge in [-0.05, 0) is 42.6 Å². The van der Waals surface area contributed by atoms with Gasteiger partial charge < -0.3 is 5.32 Å². The van der Waals surface area contributed by atoms with Gasteiger partial charge in [0.25, 0.3) is 0 Å². The molecule has 0 radical (unpaired) electrons. The maximum absolute atomic E-state index is 13.1. The molecule has 0 bridgehead atoms. The summed E-state index contributed by atoms with van der Waals surface area (Å²) >= 11 is 4.27. The lowest BCUT2D eigenvalue weighted by molar-refractivity contribution is -0.115. The van der Waals surface area contributed by atoms with Crippen molar-refractivity contribution < 1.29 is 9.18 Å². The second-order valence-corrected chi connectivity index (χ2v) is 9.31. The number of carbonyl (C=O) groups excluding carboxylic acids is 1. The van der Waals surface area contributed by atoms with Gasteiger partial charge in [-0.1, -0.05) is 17.8 Å². The first-order valence-electron chi connectivity index (χ1n) is 8.69. The molecule has 0 aliphatic rings. The molecule has 6 nitrogen and oxygen atoms in total. The number of thioether (sulfide) groups is 1. The van der Waals surface area contributed by atoms with Crippen LogP contribution >= 0.6 is 34.4 Å².